The number of terminal acetylenes is 1. The SMILES string of the molecule is C#CCNC1CCCC(C)C1C. The van der Waals surface area contributed by atoms with Gasteiger partial charge >= 0.3 is 0 Å². The van der Waals surface area contributed by atoms with Crippen LogP contribution < -0.4 is 5.32 Å². The van der Waals surface area contributed by atoms with Gasteiger partial charge in [-0.3, -0.25) is 0 Å². The summed E-state index contributed by atoms with van der Waals surface area (Å²) in [5.74, 6) is 4.28. The smallest absolute Gasteiger partial charge is 0.0576 e. The molecule has 1 aliphatic carbocycles. The molecule has 0 aliphatic heterocycles. The average Bonchev–Trinajstić information content (AvgIpc) is 2.08. The average molecular weight is 165 g/mol. The van der Waals surface area contributed by atoms with Gasteiger partial charge in [-0.1, -0.05) is 32.6 Å². The molecular weight excluding hydrogens is 146 g/mol. The number of hydrogen-bond acceptors (Lipinski definition) is 1. The molecule has 1 aliphatic rings. The Balaban J connectivity index is 2.36. The topological polar surface area (TPSA) is 12.0 Å². The molecule has 0 saturated heterocycles. The third-order valence-corrected chi connectivity index (χ3v) is 3.17. The van der Waals surface area contributed by atoms with Gasteiger partial charge in [-0.25, -0.2) is 0 Å². The molecule has 1 nitrogen and oxygen atoms in total. The standard InChI is InChI=1S/C11H19N/c1-4-8-12-11-7-5-6-9(2)10(11)3/h1,9-12H,5-8H2,2-3H3. The maximum Gasteiger partial charge on any atom is 0.0576 e. The van der Waals surface area contributed by atoms with E-state index in [1.54, 1.807) is 0 Å². The van der Waals surface area contributed by atoms with Crippen LogP contribution in [0.2, 0.25) is 0 Å². The molecule has 1 N–H and O–H groups in total. The van der Waals surface area contributed by atoms with Crippen molar-refractivity contribution in [1.82, 2.24) is 5.32 Å². The molecule has 0 aromatic heterocycles. The van der Waals surface area contributed by atoms with Crippen LogP contribution in [0.3, 0.4) is 0 Å². The first-order valence-electron chi connectivity index (χ1n) is 4.92. The van der Waals surface area contributed by atoms with E-state index >= 15 is 0 Å². The normalized spacial score (nSPS) is 35.9. The highest BCUT2D eigenvalue weighted by Gasteiger charge is 2.25. The predicted molar refractivity (Wildman–Crippen MR) is 52.8 cm³/mol. The van der Waals surface area contributed by atoms with Crippen LogP contribution in [0, 0.1) is 24.2 Å². The summed E-state index contributed by atoms with van der Waals surface area (Å²) in [5, 5.41) is 3.42. The highest BCUT2D eigenvalue weighted by atomic mass is 14.9. The van der Waals surface area contributed by atoms with E-state index in [1.807, 2.05) is 0 Å². The summed E-state index contributed by atoms with van der Waals surface area (Å²) in [6, 6.07) is 0.657. The molecule has 1 fully saturated rings. The second kappa shape index (κ2) is 4.52. The van der Waals surface area contributed by atoms with Gasteiger partial charge in [0, 0.05) is 6.04 Å². The molecule has 3 unspecified atom stereocenters. The molecule has 0 amide bonds. The molecule has 0 aromatic rings. The lowest BCUT2D eigenvalue weighted by atomic mass is 9.78. The highest BCUT2D eigenvalue weighted by Crippen LogP contribution is 2.29. The van der Waals surface area contributed by atoms with Gasteiger partial charge in [0.2, 0.25) is 0 Å². The Morgan fingerprint density at radius 3 is 2.83 bits per heavy atom. The lowest BCUT2D eigenvalue weighted by molar-refractivity contribution is 0.212. The first-order chi connectivity index (χ1) is 5.75. The van der Waals surface area contributed by atoms with E-state index in [1.165, 1.54) is 19.3 Å². The van der Waals surface area contributed by atoms with E-state index in [0.29, 0.717) is 6.04 Å². The second-order valence-electron chi connectivity index (χ2n) is 3.96. The number of hydrogen-bond donors (Lipinski definition) is 1. The van der Waals surface area contributed by atoms with Crippen molar-refractivity contribution in [3.63, 3.8) is 0 Å². The van der Waals surface area contributed by atoms with Crippen LogP contribution in [-0.4, -0.2) is 12.6 Å². The van der Waals surface area contributed by atoms with Gasteiger partial charge in [0.1, 0.15) is 0 Å². The quantitative estimate of drug-likeness (QED) is 0.617. The minimum atomic E-state index is 0.657. The lowest BCUT2D eigenvalue weighted by Crippen LogP contribution is -2.40. The van der Waals surface area contributed by atoms with E-state index in [2.05, 4.69) is 25.1 Å². The molecule has 0 bridgehead atoms. The van der Waals surface area contributed by atoms with Crippen LogP contribution in [0.5, 0.6) is 0 Å². The van der Waals surface area contributed by atoms with Gasteiger partial charge in [0.05, 0.1) is 6.54 Å². The van der Waals surface area contributed by atoms with Crippen molar-refractivity contribution in [3.8, 4) is 12.3 Å². The molecule has 12 heavy (non-hydrogen) atoms. The summed E-state index contributed by atoms with van der Waals surface area (Å²) in [6.07, 6.45) is 9.25. The Labute approximate surface area is 75.9 Å². The van der Waals surface area contributed by atoms with Crippen LogP contribution in [0.25, 0.3) is 0 Å². The molecule has 0 heterocycles. The molecular formula is C11H19N. The molecule has 0 radical (unpaired) electrons. The zero-order valence-electron chi connectivity index (χ0n) is 8.14. The third-order valence-electron chi connectivity index (χ3n) is 3.17. The first kappa shape index (κ1) is 9.61. The van der Waals surface area contributed by atoms with Gasteiger partial charge in [0.25, 0.3) is 0 Å². The van der Waals surface area contributed by atoms with Crippen molar-refractivity contribution in [2.75, 3.05) is 6.54 Å². The molecule has 68 valence electrons. The zero-order chi connectivity index (χ0) is 8.97. The van der Waals surface area contributed by atoms with E-state index < -0.39 is 0 Å². The van der Waals surface area contributed by atoms with Crippen molar-refractivity contribution < 1.29 is 0 Å². The minimum Gasteiger partial charge on any atom is -0.303 e. The monoisotopic (exact) mass is 165 g/mol. The summed E-state index contributed by atoms with van der Waals surface area (Å²) in [7, 11) is 0. The van der Waals surface area contributed by atoms with Crippen LogP contribution in [-0.2, 0) is 0 Å². The Kier molecular flexibility index (Phi) is 3.62. The fraction of sp³-hybridized carbons (Fsp3) is 0.818. The van der Waals surface area contributed by atoms with E-state index in [9.17, 15) is 0 Å². The summed E-state index contributed by atoms with van der Waals surface area (Å²) >= 11 is 0. The van der Waals surface area contributed by atoms with Crippen LogP contribution >= 0.6 is 0 Å². The van der Waals surface area contributed by atoms with Gasteiger partial charge in [-0.2, -0.15) is 0 Å². The van der Waals surface area contributed by atoms with Crippen LogP contribution in [0.4, 0.5) is 0 Å². The van der Waals surface area contributed by atoms with Crippen LogP contribution in [0.1, 0.15) is 33.1 Å². The minimum absolute atomic E-state index is 0.657. The third kappa shape index (κ3) is 2.25. The molecule has 0 spiro atoms. The van der Waals surface area contributed by atoms with Crippen molar-refractivity contribution in [3.05, 3.63) is 0 Å². The maximum atomic E-state index is 5.21. The van der Waals surface area contributed by atoms with E-state index in [-0.39, 0.29) is 0 Å². The van der Waals surface area contributed by atoms with E-state index in [0.717, 1.165) is 18.4 Å². The summed E-state index contributed by atoms with van der Waals surface area (Å²) in [4.78, 5) is 0. The van der Waals surface area contributed by atoms with Gasteiger partial charge < -0.3 is 5.32 Å². The number of nitrogens with one attached hydrogen (secondary N) is 1. The fourth-order valence-electron chi connectivity index (χ4n) is 2.06. The van der Waals surface area contributed by atoms with Crippen LogP contribution in [0.15, 0.2) is 0 Å². The maximum absolute atomic E-state index is 5.21. The van der Waals surface area contributed by atoms with Crippen molar-refractivity contribution in [2.45, 2.75) is 39.2 Å². The molecule has 1 heteroatoms. The molecule has 1 saturated carbocycles. The first-order valence-corrected chi connectivity index (χ1v) is 4.92. The summed E-state index contributed by atoms with van der Waals surface area (Å²) in [5.41, 5.74) is 0. The number of rotatable bonds is 2. The summed E-state index contributed by atoms with van der Waals surface area (Å²) in [6.45, 7) is 5.40. The van der Waals surface area contributed by atoms with Gasteiger partial charge in [-0.15, -0.1) is 6.42 Å². The van der Waals surface area contributed by atoms with Gasteiger partial charge in [0.15, 0.2) is 0 Å². The molecule has 1 rings (SSSR count). The van der Waals surface area contributed by atoms with E-state index in [4.69, 9.17) is 6.42 Å². The van der Waals surface area contributed by atoms with Gasteiger partial charge in [-0.05, 0) is 18.3 Å². The summed E-state index contributed by atoms with van der Waals surface area (Å²) < 4.78 is 0. The fourth-order valence-corrected chi connectivity index (χ4v) is 2.06. The Morgan fingerprint density at radius 1 is 1.42 bits per heavy atom. The predicted octanol–water partition coefficient (Wildman–Crippen LogP) is 2.03. The molecule has 3 atom stereocenters. The lowest BCUT2D eigenvalue weighted by Gasteiger charge is -2.34. The second-order valence-corrected chi connectivity index (χ2v) is 3.96. The highest BCUT2D eigenvalue weighted by molar-refractivity contribution is 4.91. The van der Waals surface area contributed by atoms with Crippen molar-refractivity contribution >= 4 is 0 Å². The largest absolute Gasteiger partial charge is 0.303 e. The molecule has 0 aromatic carbocycles. The van der Waals surface area contributed by atoms with Crippen molar-refractivity contribution in [1.29, 1.82) is 0 Å². The Morgan fingerprint density at radius 2 is 2.17 bits per heavy atom. The van der Waals surface area contributed by atoms with Crippen molar-refractivity contribution in [2.24, 2.45) is 11.8 Å². The Bertz CT molecular complexity index is 168. The zero-order valence-corrected chi connectivity index (χ0v) is 8.14. The Hall–Kier alpha value is -0.480.